The molecular formula is C16H15ClF3N3O3S. The fraction of sp³-hybridized carbons (Fsp3) is 0.250. The molecule has 0 unspecified atom stereocenters. The molecule has 2 rings (SSSR count). The molecule has 0 fully saturated rings. The van der Waals surface area contributed by atoms with Gasteiger partial charge in [-0.25, -0.2) is 8.42 Å². The summed E-state index contributed by atoms with van der Waals surface area (Å²) in [6, 6.07) is 7.69. The largest absolute Gasteiger partial charge is 0.417 e. The summed E-state index contributed by atoms with van der Waals surface area (Å²) in [6.45, 7) is -0.643. The van der Waals surface area contributed by atoms with Gasteiger partial charge in [0.25, 0.3) is 0 Å². The predicted octanol–water partition coefficient (Wildman–Crippen LogP) is 2.84. The van der Waals surface area contributed by atoms with E-state index in [0.29, 0.717) is 16.1 Å². The number of halogens is 4. The van der Waals surface area contributed by atoms with Crippen molar-refractivity contribution in [3.63, 3.8) is 0 Å². The molecule has 1 aromatic carbocycles. The van der Waals surface area contributed by atoms with Gasteiger partial charge in [0.05, 0.1) is 34.8 Å². The second kappa shape index (κ2) is 8.13. The quantitative estimate of drug-likeness (QED) is 0.777. The Kier molecular flexibility index (Phi) is 6.32. The maximum Gasteiger partial charge on any atom is 0.417 e. The lowest BCUT2D eigenvalue weighted by atomic mass is 10.2. The summed E-state index contributed by atoms with van der Waals surface area (Å²) in [6.07, 6.45) is -2.45. The van der Waals surface area contributed by atoms with Crippen LogP contribution in [0.2, 0.25) is 5.02 Å². The van der Waals surface area contributed by atoms with Crippen LogP contribution < -0.4 is 9.62 Å². The summed E-state index contributed by atoms with van der Waals surface area (Å²) in [5.41, 5.74) is -0.964. The van der Waals surface area contributed by atoms with Crippen LogP contribution in [-0.2, 0) is 27.5 Å². The number of nitrogens with zero attached hydrogens (tertiary/aromatic N) is 2. The predicted molar refractivity (Wildman–Crippen MR) is 94.7 cm³/mol. The van der Waals surface area contributed by atoms with Gasteiger partial charge >= 0.3 is 6.18 Å². The van der Waals surface area contributed by atoms with E-state index in [2.05, 4.69) is 10.3 Å². The number of aromatic nitrogens is 1. The zero-order valence-electron chi connectivity index (χ0n) is 14.0. The summed E-state index contributed by atoms with van der Waals surface area (Å²) < 4.78 is 63.7. The molecule has 1 amide bonds. The van der Waals surface area contributed by atoms with Crippen LogP contribution >= 0.6 is 11.6 Å². The Morgan fingerprint density at radius 3 is 2.52 bits per heavy atom. The summed E-state index contributed by atoms with van der Waals surface area (Å²) >= 11 is 5.55. The number of carbonyl (C=O) groups excluding carboxylic acids is 1. The Labute approximate surface area is 159 Å². The van der Waals surface area contributed by atoms with Crippen LogP contribution in [0.5, 0.6) is 0 Å². The van der Waals surface area contributed by atoms with Gasteiger partial charge in [-0.3, -0.25) is 14.1 Å². The molecule has 1 N–H and O–H groups in total. The first-order valence-electron chi connectivity index (χ1n) is 7.49. The maximum atomic E-state index is 13.0. The van der Waals surface area contributed by atoms with E-state index >= 15 is 0 Å². The number of benzene rings is 1. The Morgan fingerprint density at radius 1 is 1.26 bits per heavy atom. The van der Waals surface area contributed by atoms with Crippen LogP contribution in [0.4, 0.5) is 18.9 Å². The Balaban J connectivity index is 2.23. The third-order valence-corrected chi connectivity index (χ3v) is 4.89. The monoisotopic (exact) mass is 421 g/mol. The van der Waals surface area contributed by atoms with Crippen molar-refractivity contribution >= 4 is 33.2 Å². The number of amides is 1. The first-order valence-corrected chi connectivity index (χ1v) is 9.72. The van der Waals surface area contributed by atoms with Gasteiger partial charge in [-0.15, -0.1) is 0 Å². The molecule has 0 spiro atoms. The minimum Gasteiger partial charge on any atom is -0.349 e. The van der Waals surface area contributed by atoms with Crippen LogP contribution in [0.3, 0.4) is 0 Å². The SMILES string of the molecule is CS(=O)(=O)N(CC(=O)NCc1ccccn1)c1ccc(Cl)c(C(F)(F)F)c1. The average Bonchev–Trinajstić information content (AvgIpc) is 2.57. The number of pyridine rings is 1. The van der Waals surface area contributed by atoms with Crippen molar-refractivity contribution in [3.05, 3.63) is 58.9 Å². The molecule has 27 heavy (non-hydrogen) atoms. The maximum absolute atomic E-state index is 13.0. The number of alkyl halides is 3. The zero-order chi connectivity index (χ0) is 20.2. The van der Waals surface area contributed by atoms with Gasteiger partial charge in [-0.05, 0) is 30.3 Å². The van der Waals surface area contributed by atoms with Gasteiger partial charge in [0, 0.05) is 6.20 Å². The Bertz CT molecular complexity index is 921. The van der Waals surface area contributed by atoms with E-state index in [4.69, 9.17) is 11.6 Å². The lowest BCUT2D eigenvalue weighted by Crippen LogP contribution is -2.40. The van der Waals surface area contributed by atoms with Gasteiger partial charge in [0.2, 0.25) is 15.9 Å². The third-order valence-electron chi connectivity index (χ3n) is 3.42. The van der Waals surface area contributed by atoms with Gasteiger partial charge in [0.15, 0.2) is 0 Å². The van der Waals surface area contributed by atoms with Gasteiger partial charge < -0.3 is 5.32 Å². The molecule has 1 aromatic heterocycles. The van der Waals surface area contributed by atoms with Crippen LogP contribution in [-0.4, -0.2) is 32.1 Å². The number of nitrogens with one attached hydrogen (secondary N) is 1. The van der Waals surface area contributed by atoms with E-state index in [1.807, 2.05) is 0 Å². The van der Waals surface area contributed by atoms with E-state index in [1.54, 1.807) is 18.2 Å². The molecule has 1 heterocycles. The van der Waals surface area contributed by atoms with Crippen molar-refractivity contribution in [1.82, 2.24) is 10.3 Å². The van der Waals surface area contributed by atoms with Crippen LogP contribution in [0, 0.1) is 0 Å². The van der Waals surface area contributed by atoms with E-state index in [0.717, 1.165) is 18.4 Å². The minimum absolute atomic E-state index is 0.0473. The van der Waals surface area contributed by atoms with Crippen molar-refractivity contribution < 1.29 is 26.4 Å². The summed E-state index contributed by atoms with van der Waals surface area (Å²) in [5, 5.41) is 1.90. The molecule has 0 saturated carbocycles. The molecular weight excluding hydrogens is 407 g/mol. The van der Waals surface area contributed by atoms with Crippen LogP contribution in [0.1, 0.15) is 11.3 Å². The molecule has 0 radical (unpaired) electrons. The molecule has 11 heteroatoms. The van der Waals surface area contributed by atoms with E-state index in [-0.39, 0.29) is 12.2 Å². The Morgan fingerprint density at radius 2 is 1.96 bits per heavy atom. The minimum atomic E-state index is -4.77. The fourth-order valence-electron chi connectivity index (χ4n) is 2.16. The zero-order valence-corrected chi connectivity index (χ0v) is 15.6. The molecule has 0 atom stereocenters. The molecule has 0 aliphatic rings. The Hall–Kier alpha value is -2.33. The molecule has 0 bridgehead atoms. The molecule has 0 aliphatic carbocycles. The smallest absolute Gasteiger partial charge is 0.349 e. The van der Waals surface area contributed by atoms with Crippen molar-refractivity contribution in [2.45, 2.75) is 12.7 Å². The normalized spacial score (nSPS) is 11.9. The molecule has 2 aromatic rings. The van der Waals surface area contributed by atoms with E-state index in [9.17, 15) is 26.4 Å². The van der Waals surface area contributed by atoms with E-state index in [1.165, 1.54) is 6.20 Å². The number of hydrogen-bond donors (Lipinski definition) is 1. The average molecular weight is 422 g/mol. The third kappa shape index (κ3) is 5.83. The van der Waals surface area contributed by atoms with Crippen molar-refractivity contribution in [3.8, 4) is 0 Å². The molecule has 146 valence electrons. The first kappa shape index (κ1) is 21.0. The van der Waals surface area contributed by atoms with Gasteiger partial charge in [-0.2, -0.15) is 13.2 Å². The van der Waals surface area contributed by atoms with Crippen molar-refractivity contribution in [1.29, 1.82) is 0 Å². The number of hydrogen-bond acceptors (Lipinski definition) is 4. The highest BCUT2D eigenvalue weighted by molar-refractivity contribution is 7.92. The first-order chi connectivity index (χ1) is 12.5. The highest BCUT2D eigenvalue weighted by Gasteiger charge is 2.34. The number of carbonyl (C=O) groups is 1. The number of sulfonamides is 1. The highest BCUT2D eigenvalue weighted by Crippen LogP contribution is 2.37. The molecule has 6 nitrogen and oxygen atoms in total. The van der Waals surface area contributed by atoms with Crippen LogP contribution in [0.25, 0.3) is 0 Å². The highest BCUT2D eigenvalue weighted by atomic mass is 35.5. The van der Waals surface area contributed by atoms with Gasteiger partial charge in [-0.1, -0.05) is 17.7 Å². The topological polar surface area (TPSA) is 79.4 Å². The van der Waals surface area contributed by atoms with Crippen molar-refractivity contribution in [2.24, 2.45) is 0 Å². The molecule has 0 aliphatic heterocycles. The number of anilines is 1. The fourth-order valence-corrected chi connectivity index (χ4v) is 3.24. The van der Waals surface area contributed by atoms with Gasteiger partial charge in [0.1, 0.15) is 6.54 Å². The summed E-state index contributed by atoms with van der Waals surface area (Å²) in [7, 11) is -4.02. The van der Waals surface area contributed by atoms with Crippen molar-refractivity contribution in [2.75, 3.05) is 17.1 Å². The van der Waals surface area contributed by atoms with Crippen LogP contribution in [0.15, 0.2) is 42.6 Å². The lowest BCUT2D eigenvalue weighted by Gasteiger charge is -2.23. The summed E-state index contributed by atoms with van der Waals surface area (Å²) in [4.78, 5) is 16.1. The standard InChI is InChI=1S/C16H15ClF3N3O3S/c1-27(25,26)23(10-15(24)22-9-11-4-2-3-7-21-11)12-5-6-14(17)13(8-12)16(18,19)20/h2-8H,9-10H2,1H3,(H,22,24). The summed E-state index contributed by atoms with van der Waals surface area (Å²) in [5.74, 6) is -0.699. The second-order valence-corrected chi connectivity index (χ2v) is 7.84. The lowest BCUT2D eigenvalue weighted by molar-refractivity contribution is -0.137. The second-order valence-electron chi connectivity index (χ2n) is 5.53. The number of rotatable bonds is 6. The molecule has 0 saturated heterocycles. The van der Waals surface area contributed by atoms with E-state index < -0.39 is 39.2 Å².